The summed E-state index contributed by atoms with van der Waals surface area (Å²) in [5.74, 6) is 0.292. The highest BCUT2D eigenvalue weighted by atomic mass is 16.5. The highest BCUT2D eigenvalue weighted by Gasteiger charge is 2.25. The van der Waals surface area contributed by atoms with Crippen LogP contribution in [0.25, 0.3) is 11.1 Å². The Morgan fingerprint density at radius 1 is 1.08 bits per heavy atom. The number of benzene rings is 2. The molecule has 0 unspecified atom stereocenters. The van der Waals surface area contributed by atoms with E-state index in [1.54, 1.807) is 0 Å². The van der Waals surface area contributed by atoms with E-state index < -0.39 is 0 Å². The molecule has 1 aliphatic carbocycles. The van der Waals surface area contributed by atoms with Crippen molar-refractivity contribution in [3.05, 3.63) is 58.1 Å². The van der Waals surface area contributed by atoms with Gasteiger partial charge in [-0.1, -0.05) is 37.3 Å². The van der Waals surface area contributed by atoms with Gasteiger partial charge in [0.15, 0.2) is 5.78 Å². The lowest BCUT2D eigenvalue weighted by Gasteiger charge is -2.18. The fourth-order valence-electron chi connectivity index (χ4n) is 3.87. The quantitative estimate of drug-likeness (QED) is 0.598. The van der Waals surface area contributed by atoms with E-state index in [0.717, 1.165) is 37.9 Å². The number of rotatable bonds is 7. The predicted molar refractivity (Wildman–Crippen MR) is 108 cm³/mol. The number of Topliss-reactive ketones (excluding diaryl/α,β-unsaturated/α-hetero) is 1. The maximum absolute atomic E-state index is 12.3. The molecule has 0 radical (unpaired) electrons. The van der Waals surface area contributed by atoms with Crippen molar-refractivity contribution in [2.75, 3.05) is 6.61 Å². The maximum Gasteiger partial charge on any atom is 0.163 e. The van der Waals surface area contributed by atoms with Crippen LogP contribution in [0.2, 0.25) is 0 Å². The monoisotopic (exact) mass is 350 g/mol. The SMILES string of the molecule is CCc1ccc(C)c(-c2c(CCCOC(C)C)ccc3c2CCC3=O)c1. The van der Waals surface area contributed by atoms with Gasteiger partial charge in [0, 0.05) is 18.6 Å². The zero-order valence-corrected chi connectivity index (χ0v) is 16.5. The average molecular weight is 351 g/mol. The summed E-state index contributed by atoms with van der Waals surface area (Å²) in [7, 11) is 0. The van der Waals surface area contributed by atoms with Crippen molar-refractivity contribution in [1.82, 2.24) is 0 Å². The van der Waals surface area contributed by atoms with Crippen LogP contribution in [-0.2, 0) is 24.0 Å². The molecule has 0 saturated heterocycles. The molecule has 2 heteroatoms. The Kier molecular flexibility index (Phi) is 5.93. The Morgan fingerprint density at radius 3 is 2.62 bits per heavy atom. The molecule has 0 atom stereocenters. The molecule has 0 amide bonds. The van der Waals surface area contributed by atoms with Crippen molar-refractivity contribution in [2.45, 2.75) is 65.9 Å². The van der Waals surface area contributed by atoms with Crippen LogP contribution in [0, 0.1) is 6.92 Å². The molecule has 0 bridgehead atoms. The smallest absolute Gasteiger partial charge is 0.163 e. The highest BCUT2D eigenvalue weighted by Crippen LogP contribution is 2.38. The van der Waals surface area contributed by atoms with Crippen molar-refractivity contribution in [1.29, 1.82) is 0 Å². The van der Waals surface area contributed by atoms with E-state index in [9.17, 15) is 4.79 Å². The molecule has 2 nitrogen and oxygen atoms in total. The van der Waals surface area contributed by atoms with Crippen LogP contribution in [0.1, 0.15) is 66.2 Å². The second-order valence-corrected chi connectivity index (χ2v) is 7.57. The molecule has 0 spiro atoms. The molecule has 2 aromatic carbocycles. The van der Waals surface area contributed by atoms with Gasteiger partial charge < -0.3 is 4.74 Å². The first-order chi connectivity index (χ1) is 12.5. The molecule has 26 heavy (non-hydrogen) atoms. The lowest BCUT2D eigenvalue weighted by molar-refractivity contribution is 0.0772. The first-order valence-electron chi connectivity index (χ1n) is 9.90. The predicted octanol–water partition coefficient (Wildman–Crippen LogP) is 5.71. The van der Waals surface area contributed by atoms with Crippen molar-refractivity contribution in [3.63, 3.8) is 0 Å². The van der Waals surface area contributed by atoms with Crippen LogP contribution in [0.4, 0.5) is 0 Å². The fraction of sp³-hybridized carbons (Fsp3) is 0.458. The molecule has 0 fully saturated rings. The second-order valence-electron chi connectivity index (χ2n) is 7.57. The number of fused-ring (bicyclic) bond motifs is 1. The van der Waals surface area contributed by atoms with E-state index >= 15 is 0 Å². The molecule has 0 saturated carbocycles. The Hall–Kier alpha value is -1.93. The van der Waals surface area contributed by atoms with Crippen LogP contribution < -0.4 is 0 Å². The van der Waals surface area contributed by atoms with E-state index in [1.807, 2.05) is 6.07 Å². The molecular weight excluding hydrogens is 320 g/mol. The third-order valence-corrected chi connectivity index (χ3v) is 5.32. The number of ether oxygens (including phenoxy) is 1. The highest BCUT2D eigenvalue weighted by molar-refractivity contribution is 6.03. The Morgan fingerprint density at radius 2 is 1.88 bits per heavy atom. The van der Waals surface area contributed by atoms with Gasteiger partial charge in [0.1, 0.15) is 0 Å². The van der Waals surface area contributed by atoms with Gasteiger partial charge in [0.2, 0.25) is 0 Å². The van der Waals surface area contributed by atoms with E-state index in [0.29, 0.717) is 12.2 Å². The molecule has 0 N–H and O–H groups in total. The van der Waals surface area contributed by atoms with E-state index in [2.05, 4.69) is 52.0 Å². The maximum atomic E-state index is 12.3. The van der Waals surface area contributed by atoms with Crippen LogP contribution in [0.15, 0.2) is 30.3 Å². The number of hydrogen-bond donors (Lipinski definition) is 0. The molecule has 1 aliphatic rings. The number of carbonyl (C=O) groups excluding carboxylic acids is 1. The van der Waals surface area contributed by atoms with Gasteiger partial charge in [-0.25, -0.2) is 0 Å². The third kappa shape index (κ3) is 3.91. The minimum atomic E-state index is 0.274. The van der Waals surface area contributed by atoms with Crippen molar-refractivity contribution in [3.8, 4) is 11.1 Å². The van der Waals surface area contributed by atoms with Gasteiger partial charge in [-0.15, -0.1) is 0 Å². The molecule has 2 aromatic rings. The topological polar surface area (TPSA) is 26.3 Å². The Labute approximate surface area is 157 Å². The number of hydrogen-bond acceptors (Lipinski definition) is 2. The number of ketones is 1. The largest absolute Gasteiger partial charge is 0.379 e. The van der Waals surface area contributed by atoms with E-state index in [1.165, 1.54) is 33.4 Å². The molecule has 138 valence electrons. The van der Waals surface area contributed by atoms with Crippen molar-refractivity contribution >= 4 is 5.78 Å². The summed E-state index contributed by atoms with van der Waals surface area (Å²) >= 11 is 0. The molecule has 0 aliphatic heterocycles. The molecule has 0 aromatic heterocycles. The van der Waals surface area contributed by atoms with Gasteiger partial charge in [-0.2, -0.15) is 0 Å². The summed E-state index contributed by atoms with van der Waals surface area (Å²) in [6.45, 7) is 9.30. The van der Waals surface area contributed by atoms with Crippen LogP contribution in [0.5, 0.6) is 0 Å². The summed E-state index contributed by atoms with van der Waals surface area (Å²) < 4.78 is 5.72. The lowest BCUT2D eigenvalue weighted by Crippen LogP contribution is -2.06. The summed E-state index contributed by atoms with van der Waals surface area (Å²) in [4.78, 5) is 12.3. The summed E-state index contributed by atoms with van der Waals surface area (Å²) in [6.07, 6.45) is 4.81. The van der Waals surface area contributed by atoms with Crippen LogP contribution in [-0.4, -0.2) is 18.5 Å². The fourth-order valence-corrected chi connectivity index (χ4v) is 3.87. The second kappa shape index (κ2) is 8.18. The van der Waals surface area contributed by atoms with Gasteiger partial charge >= 0.3 is 0 Å². The van der Waals surface area contributed by atoms with Gasteiger partial charge in [0.25, 0.3) is 0 Å². The average Bonchev–Trinajstić information content (AvgIpc) is 3.00. The van der Waals surface area contributed by atoms with Gasteiger partial charge in [0.05, 0.1) is 6.10 Å². The van der Waals surface area contributed by atoms with Crippen molar-refractivity contribution in [2.24, 2.45) is 0 Å². The minimum absolute atomic E-state index is 0.274. The molecular formula is C24H30O2. The minimum Gasteiger partial charge on any atom is -0.379 e. The zero-order chi connectivity index (χ0) is 18.7. The lowest BCUT2D eigenvalue weighted by atomic mass is 9.87. The van der Waals surface area contributed by atoms with Crippen LogP contribution in [0.3, 0.4) is 0 Å². The summed E-state index contributed by atoms with van der Waals surface area (Å²) in [5.41, 5.74) is 8.79. The zero-order valence-electron chi connectivity index (χ0n) is 16.5. The van der Waals surface area contributed by atoms with E-state index in [4.69, 9.17) is 4.74 Å². The molecule has 0 heterocycles. The summed E-state index contributed by atoms with van der Waals surface area (Å²) in [6, 6.07) is 11.0. The Bertz CT molecular complexity index is 802. The standard InChI is InChI=1S/C24H30O2/c1-5-18-9-8-17(4)22(15-18)24-19(7-6-14-26-16(2)3)10-11-20-21(24)12-13-23(20)25/h8-11,15-16H,5-7,12-14H2,1-4H3. The first kappa shape index (κ1) is 18.8. The normalized spacial score (nSPS) is 13.5. The number of aryl methyl sites for hydroxylation is 3. The van der Waals surface area contributed by atoms with E-state index in [-0.39, 0.29) is 6.10 Å². The van der Waals surface area contributed by atoms with Gasteiger partial charge in [-0.3, -0.25) is 4.79 Å². The molecule has 3 rings (SSSR count). The number of carbonyl (C=O) groups is 1. The van der Waals surface area contributed by atoms with Gasteiger partial charge in [-0.05, 0) is 79.8 Å². The summed E-state index contributed by atoms with van der Waals surface area (Å²) in [5, 5.41) is 0. The first-order valence-corrected chi connectivity index (χ1v) is 9.90. The van der Waals surface area contributed by atoms with Crippen LogP contribution >= 0.6 is 0 Å². The third-order valence-electron chi connectivity index (χ3n) is 5.32. The Balaban J connectivity index is 2.02. The van der Waals surface area contributed by atoms with Crippen molar-refractivity contribution < 1.29 is 9.53 Å².